The van der Waals surface area contributed by atoms with Gasteiger partial charge in [0.2, 0.25) is 0 Å². The third-order valence-corrected chi connectivity index (χ3v) is 3.74. The lowest BCUT2D eigenvalue weighted by Gasteiger charge is -2.24. The van der Waals surface area contributed by atoms with E-state index in [4.69, 9.17) is 9.47 Å². The van der Waals surface area contributed by atoms with Crippen molar-refractivity contribution >= 4 is 0 Å². The number of nitrogens with zero attached hydrogens (tertiary/aromatic N) is 2. The second kappa shape index (κ2) is 3.57. The fraction of sp³-hybridized carbons (Fsp3) is 0.667. The number of ether oxygens (including phenoxy) is 2. The van der Waals surface area contributed by atoms with Crippen molar-refractivity contribution in [2.45, 2.75) is 38.5 Å². The van der Waals surface area contributed by atoms with Gasteiger partial charge in [-0.2, -0.15) is 4.98 Å². The van der Waals surface area contributed by atoms with Gasteiger partial charge in [-0.15, -0.1) is 0 Å². The van der Waals surface area contributed by atoms with E-state index in [0.717, 1.165) is 12.8 Å². The molecule has 1 saturated heterocycles. The molecule has 3 heterocycles. The molecule has 92 valence electrons. The first kappa shape index (κ1) is 10.8. The van der Waals surface area contributed by atoms with Gasteiger partial charge in [0.25, 0.3) is 5.56 Å². The highest BCUT2D eigenvalue weighted by Crippen LogP contribution is 2.45. The van der Waals surface area contributed by atoms with Crippen LogP contribution in [0.25, 0.3) is 0 Å². The zero-order valence-corrected chi connectivity index (χ0v) is 10.0. The van der Waals surface area contributed by atoms with Crippen molar-refractivity contribution < 1.29 is 9.47 Å². The lowest BCUT2D eigenvalue weighted by atomic mass is 9.92. The minimum atomic E-state index is -0.271. The first-order valence-corrected chi connectivity index (χ1v) is 6.03. The Labute approximate surface area is 99.4 Å². The molecule has 3 unspecified atom stereocenters. The van der Waals surface area contributed by atoms with Crippen LogP contribution in [0.2, 0.25) is 0 Å². The molecule has 1 fully saturated rings. The monoisotopic (exact) mass is 236 g/mol. The third kappa shape index (κ3) is 1.57. The summed E-state index contributed by atoms with van der Waals surface area (Å²) in [5.74, 6) is 0.405. The quantitative estimate of drug-likeness (QED) is 0.738. The molecule has 0 spiro atoms. The van der Waals surface area contributed by atoms with Gasteiger partial charge in [0.15, 0.2) is 0 Å². The normalized spacial score (nSPS) is 34.9. The molecule has 3 rings (SSSR count). The first-order chi connectivity index (χ1) is 8.13. The molecule has 2 aliphatic heterocycles. The van der Waals surface area contributed by atoms with Crippen LogP contribution in [0.1, 0.15) is 32.9 Å². The van der Waals surface area contributed by atoms with Gasteiger partial charge in [-0.25, -0.2) is 0 Å². The van der Waals surface area contributed by atoms with Crippen molar-refractivity contribution in [3.05, 3.63) is 22.6 Å². The zero-order valence-electron chi connectivity index (χ0n) is 10.0. The summed E-state index contributed by atoms with van der Waals surface area (Å²) in [6.07, 6.45) is 3.54. The molecule has 5 heteroatoms. The van der Waals surface area contributed by atoms with E-state index in [1.165, 1.54) is 6.07 Å². The topological polar surface area (TPSA) is 53.3 Å². The Morgan fingerprint density at radius 2 is 2.47 bits per heavy atom. The second-order valence-electron chi connectivity index (χ2n) is 4.97. The maximum absolute atomic E-state index is 11.2. The number of rotatable bonds is 1. The number of aromatic nitrogens is 2. The highest BCUT2D eigenvalue weighted by Gasteiger charge is 2.47. The van der Waals surface area contributed by atoms with Crippen LogP contribution in [0.15, 0.2) is 17.1 Å². The molecule has 2 bridgehead atoms. The van der Waals surface area contributed by atoms with E-state index in [0.29, 0.717) is 18.5 Å². The van der Waals surface area contributed by atoms with Gasteiger partial charge in [0, 0.05) is 18.2 Å². The molecule has 0 aliphatic carbocycles. The molecule has 3 atom stereocenters. The summed E-state index contributed by atoms with van der Waals surface area (Å²) < 4.78 is 13.6. The molecular weight excluding hydrogens is 220 g/mol. The Hall–Kier alpha value is -1.36. The van der Waals surface area contributed by atoms with Gasteiger partial charge >= 0.3 is 6.01 Å². The molecule has 0 amide bonds. The van der Waals surface area contributed by atoms with Crippen molar-refractivity contribution in [3.8, 4) is 6.01 Å². The summed E-state index contributed by atoms with van der Waals surface area (Å²) in [6.45, 7) is 4.74. The Morgan fingerprint density at radius 1 is 1.65 bits per heavy atom. The third-order valence-electron chi connectivity index (χ3n) is 3.74. The van der Waals surface area contributed by atoms with Gasteiger partial charge in [-0.1, -0.05) is 13.8 Å². The molecule has 0 N–H and O–H groups in total. The van der Waals surface area contributed by atoms with Crippen LogP contribution in [-0.4, -0.2) is 21.8 Å². The van der Waals surface area contributed by atoms with Crippen LogP contribution in [0.4, 0.5) is 0 Å². The number of fused-ring (bicyclic) bond motifs is 4. The maximum Gasteiger partial charge on any atom is 0.301 e. The van der Waals surface area contributed by atoms with E-state index in [2.05, 4.69) is 18.8 Å². The fourth-order valence-corrected chi connectivity index (χ4v) is 2.76. The number of hydrogen-bond donors (Lipinski definition) is 0. The van der Waals surface area contributed by atoms with Crippen molar-refractivity contribution in [2.75, 3.05) is 6.61 Å². The molecule has 0 saturated carbocycles. The van der Waals surface area contributed by atoms with Crippen LogP contribution in [0.3, 0.4) is 0 Å². The Morgan fingerprint density at radius 3 is 3.24 bits per heavy atom. The largest absolute Gasteiger partial charge is 0.461 e. The first-order valence-electron chi connectivity index (χ1n) is 6.03. The van der Waals surface area contributed by atoms with Crippen molar-refractivity contribution in [2.24, 2.45) is 5.92 Å². The van der Waals surface area contributed by atoms with E-state index in [9.17, 15) is 4.79 Å². The summed E-state index contributed by atoms with van der Waals surface area (Å²) >= 11 is 0. The fourth-order valence-electron chi connectivity index (χ4n) is 2.76. The van der Waals surface area contributed by atoms with Gasteiger partial charge in [-0.3, -0.25) is 9.36 Å². The highest BCUT2D eigenvalue weighted by molar-refractivity contribution is 5.06. The lowest BCUT2D eigenvalue weighted by Crippen LogP contribution is -2.34. The number of hydrogen-bond acceptors (Lipinski definition) is 4. The van der Waals surface area contributed by atoms with E-state index < -0.39 is 0 Å². The van der Waals surface area contributed by atoms with Gasteiger partial charge in [0.1, 0.15) is 18.4 Å². The van der Waals surface area contributed by atoms with Crippen LogP contribution in [0.5, 0.6) is 6.01 Å². The lowest BCUT2D eigenvalue weighted by molar-refractivity contribution is -0.0806. The SMILES string of the molecule is CCC12COc3nc(=O)ccn3C(O1)C(C)C2. The molecule has 1 aromatic rings. The van der Waals surface area contributed by atoms with Crippen LogP contribution in [-0.2, 0) is 4.74 Å². The van der Waals surface area contributed by atoms with E-state index in [1.54, 1.807) is 6.20 Å². The molecule has 2 aliphatic rings. The van der Waals surface area contributed by atoms with Gasteiger partial charge < -0.3 is 9.47 Å². The second-order valence-corrected chi connectivity index (χ2v) is 4.97. The van der Waals surface area contributed by atoms with Crippen molar-refractivity contribution in [1.29, 1.82) is 0 Å². The molecular formula is C12H16N2O3. The average molecular weight is 236 g/mol. The maximum atomic E-state index is 11.2. The Kier molecular flexibility index (Phi) is 2.26. The minimum Gasteiger partial charge on any atom is -0.461 e. The van der Waals surface area contributed by atoms with Gasteiger partial charge in [-0.05, 0) is 12.8 Å². The summed E-state index contributed by atoms with van der Waals surface area (Å²) in [4.78, 5) is 15.1. The average Bonchev–Trinajstić information content (AvgIpc) is 2.55. The highest BCUT2D eigenvalue weighted by atomic mass is 16.6. The zero-order chi connectivity index (χ0) is 12.0. The van der Waals surface area contributed by atoms with Gasteiger partial charge in [0.05, 0.1) is 0 Å². The predicted molar refractivity (Wildman–Crippen MR) is 60.9 cm³/mol. The summed E-state index contributed by atoms with van der Waals surface area (Å²) in [6, 6.07) is 1.82. The molecule has 17 heavy (non-hydrogen) atoms. The van der Waals surface area contributed by atoms with E-state index in [-0.39, 0.29) is 17.4 Å². The van der Waals surface area contributed by atoms with E-state index in [1.807, 2.05) is 4.57 Å². The minimum absolute atomic E-state index is 0.0689. The summed E-state index contributed by atoms with van der Waals surface area (Å²) in [5.41, 5.74) is -0.492. The molecule has 0 radical (unpaired) electrons. The standard InChI is InChI=1S/C12H16N2O3/c1-3-12-6-8(2)10(17-12)14-5-4-9(15)13-11(14)16-7-12/h4-5,8,10H,3,6-7H2,1-2H3. The molecule has 1 aromatic heterocycles. The Bertz CT molecular complexity index is 499. The van der Waals surface area contributed by atoms with Crippen molar-refractivity contribution in [1.82, 2.24) is 9.55 Å². The van der Waals surface area contributed by atoms with Crippen LogP contribution >= 0.6 is 0 Å². The van der Waals surface area contributed by atoms with Crippen LogP contribution < -0.4 is 10.3 Å². The smallest absolute Gasteiger partial charge is 0.301 e. The predicted octanol–water partition coefficient (Wildman–Crippen LogP) is 1.34. The Balaban J connectivity index is 2.08. The molecule has 5 nitrogen and oxygen atoms in total. The molecule has 0 aromatic carbocycles. The van der Waals surface area contributed by atoms with Crippen LogP contribution in [0, 0.1) is 5.92 Å². The summed E-state index contributed by atoms with van der Waals surface area (Å²) in [5, 5.41) is 0. The van der Waals surface area contributed by atoms with E-state index >= 15 is 0 Å². The summed E-state index contributed by atoms with van der Waals surface area (Å²) in [7, 11) is 0. The van der Waals surface area contributed by atoms with Crippen molar-refractivity contribution in [3.63, 3.8) is 0 Å².